The number of nitrogens with two attached hydrogens (primary N) is 1. The Hall–Kier alpha value is -1.54. The van der Waals surface area contributed by atoms with Crippen LogP contribution in [0.25, 0.3) is 0 Å². The molecule has 0 radical (unpaired) electrons. The van der Waals surface area contributed by atoms with E-state index in [2.05, 4.69) is 9.72 Å². The van der Waals surface area contributed by atoms with Gasteiger partial charge in [0.2, 0.25) is 5.43 Å². The molecule has 0 amide bonds. The number of ether oxygens (including phenoxy) is 1. The van der Waals surface area contributed by atoms with E-state index in [1.807, 2.05) is 0 Å². The molecule has 0 aliphatic rings. The summed E-state index contributed by atoms with van der Waals surface area (Å²) in [6, 6.07) is 0.820. The van der Waals surface area contributed by atoms with E-state index >= 15 is 0 Å². The first-order valence-electron chi connectivity index (χ1n) is 4.19. The number of hydrogen-bond acceptors (Lipinski definition) is 4. The Bertz CT molecular complexity index is 428. The molecule has 5 nitrogen and oxygen atoms in total. The third kappa shape index (κ3) is 2.97. The van der Waals surface area contributed by atoms with Crippen LogP contribution in [0, 0.1) is 0 Å². The standard InChI is InChI=1S/C8H9F3N2O3/c9-8(10,11)16-7-5(2-12)13-4(3-14)1-6(7)15/h1,14H,2-3,12H2,(H,13,15). The molecular formula is C8H9F3N2O3. The fraction of sp³-hybridized carbons (Fsp3) is 0.375. The molecule has 1 heterocycles. The lowest BCUT2D eigenvalue weighted by Gasteiger charge is -2.12. The number of aliphatic hydroxyl groups excluding tert-OH is 1. The SMILES string of the molecule is NCc1[nH]c(CO)cc(=O)c1OC(F)(F)F. The quantitative estimate of drug-likeness (QED) is 0.703. The maximum absolute atomic E-state index is 12.0. The number of aliphatic hydroxyl groups is 1. The number of aromatic nitrogens is 1. The molecule has 0 aliphatic heterocycles. The zero-order valence-electron chi connectivity index (χ0n) is 7.97. The molecule has 0 spiro atoms. The molecule has 1 aromatic rings. The van der Waals surface area contributed by atoms with Gasteiger partial charge in [-0.2, -0.15) is 0 Å². The highest BCUT2D eigenvalue weighted by atomic mass is 19.4. The largest absolute Gasteiger partial charge is 0.573 e. The van der Waals surface area contributed by atoms with Crippen molar-refractivity contribution in [3.05, 3.63) is 27.7 Å². The molecule has 4 N–H and O–H groups in total. The van der Waals surface area contributed by atoms with E-state index in [0.29, 0.717) is 0 Å². The minimum absolute atomic E-state index is 0.0694. The molecule has 16 heavy (non-hydrogen) atoms. The minimum atomic E-state index is -4.96. The van der Waals surface area contributed by atoms with Gasteiger partial charge in [-0.1, -0.05) is 0 Å². The van der Waals surface area contributed by atoms with Gasteiger partial charge in [0, 0.05) is 18.3 Å². The highest BCUT2D eigenvalue weighted by molar-refractivity contribution is 5.29. The van der Waals surface area contributed by atoms with Crippen molar-refractivity contribution >= 4 is 0 Å². The highest BCUT2D eigenvalue weighted by Gasteiger charge is 2.33. The normalized spacial score (nSPS) is 11.6. The van der Waals surface area contributed by atoms with Crippen LogP contribution in [0.5, 0.6) is 5.75 Å². The lowest BCUT2D eigenvalue weighted by Crippen LogP contribution is -2.24. The monoisotopic (exact) mass is 238 g/mol. The summed E-state index contributed by atoms with van der Waals surface area (Å²) in [6.07, 6.45) is -4.96. The molecule has 90 valence electrons. The number of H-pyrrole nitrogens is 1. The molecule has 0 bridgehead atoms. The average molecular weight is 238 g/mol. The molecule has 8 heteroatoms. The topological polar surface area (TPSA) is 88.3 Å². The first-order chi connectivity index (χ1) is 7.37. The summed E-state index contributed by atoms with van der Waals surface area (Å²) in [5.41, 5.74) is 4.03. The van der Waals surface area contributed by atoms with Crippen LogP contribution in [0.15, 0.2) is 10.9 Å². The Labute approximate surface area is 87.7 Å². The number of rotatable bonds is 3. The summed E-state index contributed by atoms with van der Waals surface area (Å²) in [7, 11) is 0. The third-order valence-electron chi connectivity index (χ3n) is 1.71. The molecule has 0 fully saturated rings. The van der Waals surface area contributed by atoms with Gasteiger partial charge in [-0.25, -0.2) is 0 Å². The summed E-state index contributed by atoms with van der Waals surface area (Å²) in [4.78, 5) is 13.6. The average Bonchev–Trinajstić information content (AvgIpc) is 2.19. The molecule has 0 saturated carbocycles. The van der Waals surface area contributed by atoms with Crippen molar-refractivity contribution < 1.29 is 23.0 Å². The second-order valence-corrected chi connectivity index (χ2v) is 2.88. The van der Waals surface area contributed by atoms with Gasteiger partial charge in [0.25, 0.3) is 0 Å². The Balaban J connectivity index is 3.22. The molecule has 0 aliphatic carbocycles. The van der Waals surface area contributed by atoms with E-state index in [-0.39, 0.29) is 17.9 Å². The van der Waals surface area contributed by atoms with Crippen molar-refractivity contribution in [1.82, 2.24) is 4.98 Å². The van der Waals surface area contributed by atoms with Crippen LogP contribution in [0.1, 0.15) is 11.4 Å². The van der Waals surface area contributed by atoms with Crippen LogP contribution >= 0.6 is 0 Å². The molecule has 0 aromatic carbocycles. The van der Waals surface area contributed by atoms with Gasteiger partial charge in [-0.05, 0) is 0 Å². The first-order valence-corrected chi connectivity index (χ1v) is 4.19. The molecule has 0 unspecified atom stereocenters. The molecule has 0 atom stereocenters. The van der Waals surface area contributed by atoms with E-state index in [4.69, 9.17) is 10.8 Å². The smallest absolute Gasteiger partial charge is 0.400 e. The van der Waals surface area contributed by atoms with Crippen molar-refractivity contribution in [2.24, 2.45) is 5.73 Å². The van der Waals surface area contributed by atoms with Crippen LogP contribution in [-0.4, -0.2) is 16.5 Å². The van der Waals surface area contributed by atoms with Gasteiger partial charge in [0.05, 0.1) is 12.3 Å². The number of pyridine rings is 1. The van der Waals surface area contributed by atoms with E-state index in [1.54, 1.807) is 0 Å². The van der Waals surface area contributed by atoms with E-state index < -0.39 is 24.1 Å². The summed E-state index contributed by atoms with van der Waals surface area (Å²) in [5, 5.41) is 8.73. The van der Waals surface area contributed by atoms with Crippen molar-refractivity contribution in [3.63, 3.8) is 0 Å². The molecule has 1 rings (SSSR count). The van der Waals surface area contributed by atoms with Crippen LogP contribution in [0.4, 0.5) is 13.2 Å². The highest BCUT2D eigenvalue weighted by Crippen LogP contribution is 2.22. The number of nitrogens with one attached hydrogen (secondary N) is 1. The number of hydrogen-bond donors (Lipinski definition) is 3. The second kappa shape index (κ2) is 4.54. The molecule has 1 aromatic heterocycles. The van der Waals surface area contributed by atoms with Crippen LogP contribution < -0.4 is 15.9 Å². The fourth-order valence-corrected chi connectivity index (χ4v) is 1.12. The van der Waals surface area contributed by atoms with Crippen molar-refractivity contribution in [2.75, 3.05) is 0 Å². The zero-order chi connectivity index (χ0) is 12.3. The Morgan fingerprint density at radius 3 is 2.56 bits per heavy atom. The second-order valence-electron chi connectivity index (χ2n) is 2.88. The number of halogens is 3. The van der Waals surface area contributed by atoms with Crippen molar-refractivity contribution in [1.29, 1.82) is 0 Å². The zero-order valence-corrected chi connectivity index (χ0v) is 7.97. The summed E-state index contributed by atoms with van der Waals surface area (Å²) >= 11 is 0. The van der Waals surface area contributed by atoms with Crippen LogP contribution in [-0.2, 0) is 13.2 Å². The maximum Gasteiger partial charge on any atom is 0.573 e. The van der Waals surface area contributed by atoms with E-state index in [0.717, 1.165) is 6.07 Å². The van der Waals surface area contributed by atoms with Gasteiger partial charge in [0.1, 0.15) is 0 Å². The van der Waals surface area contributed by atoms with Gasteiger partial charge in [-0.3, -0.25) is 4.79 Å². The van der Waals surface area contributed by atoms with Gasteiger partial charge < -0.3 is 20.6 Å². The van der Waals surface area contributed by atoms with Crippen molar-refractivity contribution in [2.45, 2.75) is 19.5 Å². The van der Waals surface area contributed by atoms with Gasteiger partial charge in [-0.15, -0.1) is 13.2 Å². The number of aromatic amines is 1. The van der Waals surface area contributed by atoms with Crippen LogP contribution in [0.2, 0.25) is 0 Å². The van der Waals surface area contributed by atoms with Gasteiger partial charge >= 0.3 is 6.36 Å². The summed E-state index contributed by atoms with van der Waals surface area (Å²) in [5.74, 6) is -0.896. The molecular weight excluding hydrogens is 229 g/mol. The fourth-order valence-electron chi connectivity index (χ4n) is 1.12. The Morgan fingerprint density at radius 2 is 2.12 bits per heavy atom. The van der Waals surface area contributed by atoms with E-state index in [1.165, 1.54) is 0 Å². The predicted molar refractivity (Wildman–Crippen MR) is 47.6 cm³/mol. The summed E-state index contributed by atoms with van der Waals surface area (Å²) in [6.45, 7) is -0.844. The van der Waals surface area contributed by atoms with Crippen molar-refractivity contribution in [3.8, 4) is 5.75 Å². The Kier molecular flexibility index (Phi) is 3.55. The third-order valence-corrected chi connectivity index (χ3v) is 1.71. The summed E-state index contributed by atoms with van der Waals surface area (Å²) < 4.78 is 39.4. The predicted octanol–water partition coefficient (Wildman–Crippen LogP) is 0.225. The molecule has 0 saturated heterocycles. The lowest BCUT2D eigenvalue weighted by molar-refractivity contribution is -0.275. The van der Waals surface area contributed by atoms with Crippen LogP contribution in [0.3, 0.4) is 0 Å². The lowest BCUT2D eigenvalue weighted by atomic mass is 10.2. The first kappa shape index (κ1) is 12.5. The number of alkyl halides is 3. The van der Waals surface area contributed by atoms with Gasteiger partial charge in [0.15, 0.2) is 5.75 Å². The minimum Gasteiger partial charge on any atom is -0.400 e. The maximum atomic E-state index is 12.0. The Morgan fingerprint density at radius 1 is 1.50 bits per heavy atom. The van der Waals surface area contributed by atoms with E-state index in [9.17, 15) is 18.0 Å².